The summed E-state index contributed by atoms with van der Waals surface area (Å²) in [7, 11) is 0. The highest BCUT2D eigenvalue weighted by Gasteiger charge is 2.19. The van der Waals surface area contributed by atoms with Gasteiger partial charge >= 0.3 is 0 Å². The van der Waals surface area contributed by atoms with Gasteiger partial charge in [-0.3, -0.25) is 0 Å². The molecule has 138 valence electrons. The predicted octanol–water partition coefficient (Wildman–Crippen LogP) is 4.40. The monoisotopic (exact) mass is 364 g/mol. The number of nitrogens with zero attached hydrogens (tertiary/aromatic N) is 4. The van der Waals surface area contributed by atoms with E-state index in [4.69, 9.17) is 0 Å². The minimum absolute atomic E-state index is 0.322. The number of hydrogen-bond donors (Lipinski definition) is 2. The Morgan fingerprint density at radius 3 is 2.93 bits per heavy atom. The van der Waals surface area contributed by atoms with Crippen molar-refractivity contribution in [2.45, 2.75) is 38.6 Å². The third-order valence-corrected chi connectivity index (χ3v) is 5.53. The van der Waals surface area contributed by atoms with Crippen LogP contribution in [-0.2, 0) is 0 Å². The molecule has 0 atom stereocenters. The summed E-state index contributed by atoms with van der Waals surface area (Å²) < 4.78 is 16.0. The van der Waals surface area contributed by atoms with Crippen LogP contribution in [0.15, 0.2) is 37.1 Å². The van der Waals surface area contributed by atoms with Crippen LogP contribution in [0.3, 0.4) is 0 Å². The highest BCUT2D eigenvalue weighted by Crippen LogP contribution is 2.30. The fourth-order valence-electron chi connectivity index (χ4n) is 3.94. The van der Waals surface area contributed by atoms with Gasteiger partial charge in [-0.15, -0.1) is 0 Å². The zero-order valence-electron chi connectivity index (χ0n) is 15.1. The maximum absolute atomic E-state index is 14.3. The van der Waals surface area contributed by atoms with E-state index in [0.29, 0.717) is 17.6 Å². The Morgan fingerprint density at radius 2 is 2.07 bits per heavy atom. The Labute approximate surface area is 155 Å². The molecule has 0 saturated heterocycles. The van der Waals surface area contributed by atoms with Crippen molar-refractivity contribution in [1.82, 2.24) is 24.3 Å². The molecule has 0 unspecified atom stereocenters. The Bertz CT molecular complexity index is 1110. The number of fused-ring (bicyclic) bond motifs is 2. The molecule has 4 aromatic heterocycles. The van der Waals surface area contributed by atoms with E-state index in [1.54, 1.807) is 23.0 Å². The van der Waals surface area contributed by atoms with Crippen LogP contribution in [0.4, 0.5) is 10.3 Å². The van der Waals surface area contributed by atoms with Gasteiger partial charge in [-0.05, 0) is 37.7 Å². The molecule has 0 aliphatic heterocycles. The lowest BCUT2D eigenvalue weighted by Crippen LogP contribution is -2.26. The first kappa shape index (κ1) is 16.2. The number of H-pyrrole nitrogens is 1. The van der Waals surface area contributed by atoms with E-state index in [1.165, 1.54) is 18.9 Å². The molecular formula is C20H21FN6. The quantitative estimate of drug-likeness (QED) is 0.565. The summed E-state index contributed by atoms with van der Waals surface area (Å²) in [5.41, 5.74) is 2.70. The normalized spacial score (nSPS) is 20.4. The van der Waals surface area contributed by atoms with Gasteiger partial charge in [0.1, 0.15) is 5.65 Å². The first-order valence-corrected chi connectivity index (χ1v) is 9.40. The van der Waals surface area contributed by atoms with E-state index < -0.39 is 0 Å². The second-order valence-corrected chi connectivity index (χ2v) is 7.49. The molecule has 7 heteroatoms. The lowest BCUT2D eigenvalue weighted by Gasteiger charge is -2.26. The van der Waals surface area contributed by atoms with Crippen LogP contribution in [0.5, 0.6) is 0 Å². The van der Waals surface area contributed by atoms with Crippen molar-refractivity contribution in [1.29, 1.82) is 0 Å². The highest BCUT2D eigenvalue weighted by molar-refractivity contribution is 5.93. The fraction of sp³-hybridized carbons (Fsp3) is 0.350. The van der Waals surface area contributed by atoms with Crippen molar-refractivity contribution in [3.63, 3.8) is 0 Å². The molecule has 1 saturated carbocycles. The maximum Gasteiger partial charge on any atom is 0.224 e. The van der Waals surface area contributed by atoms with E-state index in [9.17, 15) is 4.39 Å². The van der Waals surface area contributed by atoms with Gasteiger partial charge in [0.25, 0.3) is 0 Å². The first-order chi connectivity index (χ1) is 13.2. The van der Waals surface area contributed by atoms with Crippen LogP contribution in [0.25, 0.3) is 27.8 Å². The summed E-state index contributed by atoms with van der Waals surface area (Å²) in [6, 6.07) is 1.94. The Morgan fingerprint density at radius 1 is 1.22 bits per heavy atom. The van der Waals surface area contributed by atoms with Gasteiger partial charge in [-0.1, -0.05) is 6.92 Å². The molecule has 1 aliphatic rings. The average molecular weight is 364 g/mol. The summed E-state index contributed by atoms with van der Waals surface area (Å²) in [6.07, 6.45) is 13.6. The van der Waals surface area contributed by atoms with Crippen LogP contribution < -0.4 is 5.32 Å². The molecule has 0 bridgehead atoms. The van der Waals surface area contributed by atoms with E-state index in [-0.39, 0.29) is 5.82 Å². The summed E-state index contributed by atoms with van der Waals surface area (Å²) in [5.74, 6) is 1.11. The molecule has 1 aliphatic carbocycles. The molecule has 0 amide bonds. The van der Waals surface area contributed by atoms with Crippen molar-refractivity contribution in [2.75, 3.05) is 5.32 Å². The van der Waals surface area contributed by atoms with Gasteiger partial charge in [-0.25, -0.2) is 14.4 Å². The van der Waals surface area contributed by atoms with Gasteiger partial charge in [0.15, 0.2) is 11.5 Å². The molecule has 0 radical (unpaired) electrons. The minimum Gasteiger partial charge on any atom is -0.351 e. The molecule has 0 aromatic carbocycles. The molecule has 6 nitrogen and oxygen atoms in total. The molecule has 1 fully saturated rings. The summed E-state index contributed by atoms with van der Waals surface area (Å²) in [5, 5.41) is 4.33. The van der Waals surface area contributed by atoms with E-state index >= 15 is 0 Å². The van der Waals surface area contributed by atoms with Crippen molar-refractivity contribution >= 4 is 22.6 Å². The van der Waals surface area contributed by atoms with Crippen LogP contribution in [0, 0.1) is 11.7 Å². The maximum atomic E-state index is 14.3. The number of aromatic nitrogens is 5. The van der Waals surface area contributed by atoms with Crippen molar-refractivity contribution in [2.24, 2.45) is 5.92 Å². The number of halogens is 1. The lowest BCUT2D eigenvalue weighted by atomic mass is 9.87. The number of pyridine rings is 1. The Balaban J connectivity index is 1.46. The number of rotatable bonds is 3. The van der Waals surface area contributed by atoms with Gasteiger partial charge in [-0.2, -0.15) is 4.98 Å². The van der Waals surface area contributed by atoms with Crippen molar-refractivity contribution in [3.8, 4) is 11.1 Å². The topological polar surface area (TPSA) is 70.9 Å². The predicted molar refractivity (Wildman–Crippen MR) is 103 cm³/mol. The summed E-state index contributed by atoms with van der Waals surface area (Å²) >= 11 is 0. The largest absolute Gasteiger partial charge is 0.351 e. The van der Waals surface area contributed by atoms with Crippen LogP contribution in [0.2, 0.25) is 0 Å². The van der Waals surface area contributed by atoms with E-state index in [0.717, 1.165) is 40.9 Å². The Kier molecular flexibility index (Phi) is 3.81. The molecule has 5 rings (SSSR count). The van der Waals surface area contributed by atoms with Crippen LogP contribution in [-0.4, -0.2) is 30.4 Å². The smallest absolute Gasteiger partial charge is 0.224 e. The summed E-state index contributed by atoms with van der Waals surface area (Å²) in [4.78, 5) is 16.3. The van der Waals surface area contributed by atoms with Gasteiger partial charge in [0.05, 0.1) is 0 Å². The fourth-order valence-corrected chi connectivity index (χ4v) is 3.94. The highest BCUT2D eigenvalue weighted by atomic mass is 19.1. The molecule has 4 heterocycles. The number of hydrogen-bond acceptors (Lipinski definition) is 4. The molecular weight excluding hydrogens is 343 g/mol. The standard InChI is InChI=1S/C20H21FN6/c1-12-2-4-14(5-3-12)25-20-24-10-16-15(9-23-18(16)26-20)13-8-17(21)19-22-6-7-27(19)11-13/h6-12,14H,2-5H2,1H3,(H2,23,24,25,26). The Hall–Kier alpha value is -2.96. The molecule has 0 spiro atoms. The van der Waals surface area contributed by atoms with Crippen LogP contribution >= 0.6 is 0 Å². The van der Waals surface area contributed by atoms with Crippen LogP contribution in [0.1, 0.15) is 32.6 Å². The van der Waals surface area contributed by atoms with Crippen molar-refractivity contribution in [3.05, 3.63) is 42.9 Å². The van der Waals surface area contributed by atoms with Gasteiger partial charge < -0.3 is 14.7 Å². The van der Waals surface area contributed by atoms with E-state index in [2.05, 4.69) is 32.2 Å². The molecule has 27 heavy (non-hydrogen) atoms. The van der Waals surface area contributed by atoms with E-state index in [1.807, 2.05) is 12.4 Å². The lowest BCUT2D eigenvalue weighted by molar-refractivity contribution is 0.360. The zero-order valence-corrected chi connectivity index (χ0v) is 15.1. The second kappa shape index (κ2) is 6.33. The van der Waals surface area contributed by atoms with Crippen molar-refractivity contribution < 1.29 is 4.39 Å². The van der Waals surface area contributed by atoms with Gasteiger partial charge in [0.2, 0.25) is 5.95 Å². The zero-order chi connectivity index (χ0) is 18.4. The third-order valence-electron chi connectivity index (χ3n) is 5.53. The molecule has 2 N–H and O–H groups in total. The molecule has 4 aromatic rings. The second-order valence-electron chi connectivity index (χ2n) is 7.49. The average Bonchev–Trinajstić information content (AvgIpc) is 3.30. The summed E-state index contributed by atoms with van der Waals surface area (Å²) in [6.45, 7) is 2.31. The third kappa shape index (κ3) is 2.93. The number of imidazole rings is 1. The minimum atomic E-state index is -0.349. The number of anilines is 1. The van der Waals surface area contributed by atoms with Gasteiger partial charge in [0, 0.05) is 53.5 Å². The SMILES string of the molecule is CC1CCC(Nc2ncc3c(-c4cc(F)c5nccn5c4)c[nH]c3n2)CC1. The first-order valence-electron chi connectivity index (χ1n) is 9.40. The number of nitrogens with one attached hydrogen (secondary N) is 2. The number of aromatic amines is 1.